The van der Waals surface area contributed by atoms with Crippen molar-refractivity contribution in [3.8, 4) is 0 Å². The van der Waals surface area contributed by atoms with Crippen molar-refractivity contribution in [2.24, 2.45) is 7.05 Å². The zero-order chi connectivity index (χ0) is 17.2. The normalized spacial score (nSPS) is 16.0. The van der Waals surface area contributed by atoms with Gasteiger partial charge in [-0.2, -0.15) is 9.40 Å². The summed E-state index contributed by atoms with van der Waals surface area (Å²) in [6.45, 7) is 1.43. The number of hydrogen-bond donors (Lipinski definition) is 1. The van der Waals surface area contributed by atoms with Gasteiger partial charge in [0.1, 0.15) is 0 Å². The standard InChI is InChI=1S/C15H18N4O4S/c1-18-11-12(10-16-18)15(20)17-13-3-2-4-14(9-13)24(21,22)19-5-7-23-8-6-19/h2-4,9-11H,5-8H2,1H3,(H,17,20). The van der Waals surface area contributed by atoms with E-state index in [2.05, 4.69) is 10.4 Å². The third-order valence-electron chi connectivity index (χ3n) is 3.67. The number of morpholine rings is 1. The molecule has 0 atom stereocenters. The fourth-order valence-electron chi connectivity index (χ4n) is 2.41. The fourth-order valence-corrected chi connectivity index (χ4v) is 3.87. The fraction of sp³-hybridized carbons (Fsp3) is 0.333. The molecule has 2 heterocycles. The van der Waals surface area contributed by atoms with Crippen LogP contribution in [-0.2, 0) is 21.8 Å². The van der Waals surface area contributed by atoms with Crippen LogP contribution in [0.2, 0.25) is 0 Å². The zero-order valence-corrected chi connectivity index (χ0v) is 14.0. The number of benzene rings is 1. The Hall–Kier alpha value is -2.23. The van der Waals surface area contributed by atoms with Gasteiger partial charge in [0, 0.05) is 32.0 Å². The molecule has 1 amide bonds. The summed E-state index contributed by atoms with van der Waals surface area (Å²) < 4.78 is 33.4. The molecule has 2 aromatic rings. The maximum atomic E-state index is 12.6. The summed E-state index contributed by atoms with van der Waals surface area (Å²) in [6.07, 6.45) is 3.04. The third-order valence-corrected chi connectivity index (χ3v) is 5.56. The minimum atomic E-state index is -3.60. The van der Waals surface area contributed by atoms with E-state index in [1.807, 2.05) is 0 Å². The predicted octanol–water partition coefficient (Wildman–Crippen LogP) is 0.693. The summed E-state index contributed by atoms with van der Waals surface area (Å²) in [5.74, 6) is -0.343. The molecule has 0 bridgehead atoms. The van der Waals surface area contributed by atoms with Crippen molar-refractivity contribution in [2.75, 3.05) is 31.6 Å². The van der Waals surface area contributed by atoms with Gasteiger partial charge in [0.15, 0.2) is 0 Å². The summed E-state index contributed by atoms with van der Waals surface area (Å²) in [6, 6.07) is 6.22. The Morgan fingerprint density at radius 2 is 2.04 bits per heavy atom. The lowest BCUT2D eigenvalue weighted by molar-refractivity contribution is 0.0730. The number of rotatable bonds is 4. The van der Waals surface area contributed by atoms with Gasteiger partial charge in [0.2, 0.25) is 10.0 Å². The Morgan fingerprint density at radius 3 is 2.71 bits per heavy atom. The SMILES string of the molecule is Cn1cc(C(=O)Nc2cccc(S(=O)(=O)N3CCOCC3)c2)cn1. The predicted molar refractivity (Wildman–Crippen MR) is 87.2 cm³/mol. The Kier molecular flexibility index (Phi) is 4.65. The van der Waals surface area contributed by atoms with E-state index in [1.54, 1.807) is 25.4 Å². The summed E-state index contributed by atoms with van der Waals surface area (Å²) in [5, 5.41) is 6.63. The van der Waals surface area contributed by atoms with E-state index >= 15 is 0 Å². The van der Waals surface area contributed by atoms with Crippen molar-refractivity contribution in [1.82, 2.24) is 14.1 Å². The highest BCUT2D eigenvalue weighted by Gasteiger charge is 2.26. The lowest BCUT2D eigenvalue weighted by Crippen LogP contribution is -2.40. The minimum absolute atomic E-state index is 0.147. The van der Waals surface area contributed by atoms with Gasteiger partial charge in [0.25, 0.3) is 5.91 Å². The van der Waals surface area contributed by atoms with Crippen molar-refractivity contribution in [2.45, 2.75) is 4.90 Å². The second-order valence-corrected chi connectivity index (χ2v) is 7.34. The molecule has 1 aromatic carbocycles. The first-order chi connectivity index (χ1) is 11.5. The number of aromatic nitrogens is 2. The molecule has 0 unspecified atom stereocenters. The molecule has 8 nitrogen and oxygen atoms in total. The van der Waals surface area contributed by atoms with E-state index in [0.717, 1.165) is 0 Å². The quantitative estimate of drug-likeness (QED) is 0.876. The van der Waals surface area contributed by atoms with Crippen LogP contribution in [0, 0.1) is 0 Å². The van der Waals surface area contributed by atoms with E-state index in [-0.39, 0.29) is 10.8 Å². The van der Waals surface area contributed by atoms with Gasteiger partial charge in [-0.05, 0) is 18.2 Å². The Labute approximate surface area is 140 Å². The van der Waals surface area contributed by atoms with E-state index in [9.17, 15) is 13.2 Å². The first kappa shape index (κ1) is 16.6. The second kappa shape index (κ2) is 6.71. The molecule has 0 radical (unpaired) electrons. The van der Waals surface area contributed by atoms with Crippen LogP contribution >= 0.6 is 0 Å². The minimum Gasteiger partial charge on any atom is -0.379 e. The van der Waals surface area contributed by atoms with Crippen molar-refractivity contribution in [1.29, 1.82) is 0 Å². The number of aryl methyl sites for hydroxylation is 1. The third kappa shape index (κ3) is 3.48. The molecular weight excluding hydrogens is 332 g/mol. The maximum absolute atomic E-state index is 12.6. The highest BCUT2D eigenvalue weighted by atomic mass is 32.2. The van der Waals surface area contributed by atoms with E-state index < -0.39 is 10.0 Å². The Balaban J connectivity index is 1.80. The van der Waals surface area contributed by atoms with Crippen molar-refractivity contribution in [3.63, 3.8) is 0 Å². The zero-order valence-electron chi connectivity index (χ0n) is 13.2. The van der Waals surface area contributed by atoms with Gasteiger partial charge in [0.05, 0.1) is 29.9 Å². The van der Waals surface area contributed by atoms with E-state index in [4.69, 9.17) is 4.74 Å². The van der Waals surface area contributed by atoms with Crippen LogP contribution in [0.25, 0.3) is 0 Å². The van der Waals surface area contributed by atoms with Crippen LogP contribution < -0.4 is 5.32 Å². The van der Waals surface area contributed by atoms with Crippen LogP contribution in [-0.4, -0.2) is 54.7 Å². The van der Waals surface area contributed by atoms with Crippen LogP contribution in [0.5, 0.6) is 0 Å². The number of amides is 1. The van der Waals surface area contributed by atoms with Crippen molar-refractivity contribution < 1.29 is 17.9 Å². The van der Waals surface area contributed by atoms with Gasteiger partial charge >= 0.3 is 0 Å². The number of nitrogens with one attached hydrogen (secondary N) is 1. The average molecular weight is 350 g/mol. The van der Waals surface area contributed by atoms with Gasteiger partial charge in [-0.15, -0.1) is 0 Å². The van der Waals surface area contributed by atoms with Crippen LogP contribution in [0.4, 0.5) is 5.69 Å². The second-order valence-electron chi connectivity index (χ2n) is 5.40. The molecule has 24 heavy (non-hydrogen) atoms. The summed E-state index contributed by atoms with van der Waals surface area (Å²) >= 11 is 0. The highest BCUT2D eigenvalue weighted by molar-refractivity contribution is 7.89. The summed E-state index contributed by atoms with van der Waals surface area (Å²) in [7, 11) is -1.88. The first-order valence-corrected chi connectivity index (χ1v) is 8.89. The average Bonchev–Trinajstić information content (AvgIpc) is 3.02. The van der Waals surface area contributed by atoms with Gasteiger partial charge < -0.3 is 10.1 Å². The molecule has 1 aliphatic rings. The monoisotopic (exact) mass is 350 g/mol. The van der Waals surface area contributed by atoms with E-state index in [1.165, 1.54) is 27.3 Å². The molecule has 3 rings (SSSR count). The van der Waals surface area contributed by atoms with Crippen LogP contribution in [0.3, 0.4) is 0 Å². The number of hydrogen-bond acceptors (Lipinski definition) is 5. The van der Waals surface area contributed by atoms with Crippen LogP contribution in [0.15, 0.2) is 41.6 Å². The smallest absolute Gasteiger partial charge is 0.258 e. The number of ether oxygens (including phenoxy) is 1. The molecule has 128 valence electrons. The number of nitrogens with zero attached hydrogens (tertiary/aromatic N) is 3. The van der Waals surface area contributed by atoms with Crippen LogP contribution in [0.1, 0.15) is 10.4 Å². The topological polar surface area (TPSA) is 93.5 Å². The molecule has 1 fully saturated rings. The first-order valence-electron chi connectivity index (χ1n) is 7.45. The molecule has 0 aliphatic carbocycles. The molecule has 1 saturated heterocycles. The lowest BCUT2D eigenvalue weighted by Gasteiger charge is -2.26. The van der Waals surface area contributed by atoms with Gasteiger partial charge in [-0.3, -0.25) is 9.48 Å². The van der Waals surface area contributed by atoms with Gasteiger partial charge in [-0.1, -0.05) is 6.07 Å². The largest absolute Gasteiger partial charge is 0.379 e. The molecule has 1 N–H and O–H groups in total. The molecule has 0 spiro atoms. The Bertz CT molecular complexity index is 841. The molecule has 0 saturated carbocycles. The van der Waals surface area contributed by atoms with E-state index in [0.29, 0.717) is 37.6 Å². The number of anilines is 1. The van der Waals surface area contributed by atoms with Crippen molar-refractivity contribution in [3.05, 3.63) is 42.2 Å². The molecular formula is C15H18N4O4S. The number of carbonyl (C=O) groups excluding carboxylic acids is 1. The Morgan fingerprint density at radius 1 is 1.29 bits per heavy atom. The van der Waals surface area contributed by atoms with Crippen molar-refractivity contribution >= 4 is 21.6 Å². The molecule has 9 heteroatoms. The summed E-state index contributed by atoms with van der Waals surface area (Å²) in [5.41, 5.74) is 0.817. The summed E-state index contributed by atoms with van der Waals surface area (Å²) in [4.78, 5) is 12.3. The lowest BCUT2D eigenvalue weighted by atomic mass is 10.3. The molecule has 1 aromatic heterocycles. The molecule has 1 aliphatic heterocycles. The van der Waals surface area contributed by atoms with Gasteiger partial charge in [-0.25, -0.2) is 8.42 Å². The maximum Gasteiger partial charge on any atom is 0.258 e. The number of sulfonamides is 1. The number of carbonyl (C=O) groups is 1. The highest BCUT2D eigenvalue weighted by Crippen LogP contribution is 2.21.